The predicted octanol–water partition coefficient (Wildman–Crippen LogP) is 3.79. The van der Waals surface area contributed by atoms with Crippen LogP contribution in [0.25, 0.3) is 0 Å². The lowest BCUT2D eigenvalue weighted by atomic mass is 9.78. The van der Waals surface area contributed by atoms with Crippen LogP contribution in [0.15, 0.2) is 12.2 Å². The molecule has 4 unspecified atom stereocenters. The summed E-state index contributed by atoms with van der Waals surface area (Å²) in [6, 6.07) is 0. The number of thioether (sulfide) groups is 1. The van der Waals surface area contributed by atoms with Crippen LogP contribution in [0.5, 0.6) is 0 Å². The van der Waals surface area contributed by atoms with Crippen LogP contribution in [0, 0.1) is 17.8 Å². The first-order valence-corrected chi connectivity index (χ1v) is 6.06. The van der Waals surface area contributed by atoms with Gasteiger partial charge in [0.15, 0.2) is 0 Å². The first-order valence-electron chi connectivity index (χ1n) is 5.18. The molecule has 1 saturated heterocycles. The van der Waals surface area contributed by atoms with E-state index in [0.29, 0.717) is 6.42 Å². The van der Waals surface area contributed by atoms with Crippen molar-refractivity contribution in [1.29, 1.82) is 0 Å². The molecule has 4 atom stereocenters. The molecule has 2 fully saturated rings. The van der Waals surface area contributed by atoms with Crippen LogP contribution in [-0.2, 0) is 0 Å². The lowest BCUT2D eigenvalue weighted by Crippen LogP contribution is -2.69. The van der Waals surface area contributed by atoms with Crippen molar-refractivity contribution in [3.8, 4) is 0 Å². The maximum absolute atomic E-state index is 12.8. The highest BCUT2D eigenvalue weighted by Gasteiger charge is 2.84. The van der Waals surface area contributed by atoms with Crippen molar-refractivity contribution in [3.63, 3.8) is 0 Å². The summed E-state index contributed by atoms with van der Waals surface area (Å²) in [5.74, 6) is -1.98. The zero-order valence-electron chi connectivity index (χ0n) is 8.35. The number of allylic oxidation sites excluding steroid dienone is 2. The minimum Gasteiger partial charge on any atom is -0.169 e. The predicted molar refractivity (Wildman–Crippen MR) is 50.4 cm³/mol. The quantitative estimate of drug-likeness (QED) is 0.478. The zero-order valence-corrected chi connectivity index (χ0v) is 9.16. The Bertz CT molecular complexity index is 367. The second-order valence-electron chi connectivity index (χ2n) is 4.79. The lowest BCUT2D eigenvalue weighted by Gasteiger charge is -2.55. The summed E-state index contributed by atoms with van der Waals surface area (Å²) in [6.45, 7) is 0. The fourth-order valence-corrected chi connectivity index (χ4v) is 5.24. The van der Waals surface area contributed by atoms with Crippen molar-refractivity contribution in [1.82, 2.24) is 0 Å². The van der Waals surface area contributed by atoms with E-state index in [1.807, 2.05) is 0 Å². The van der Waals surface area contributed by atoms with E-state index in [4.69, 9.17) is 0 Å². The number of alkyl halides is 6. The van der Waals surface area contributed by atoms with Crippen LogP contribution in [0.1, 0.15) is 6.42 Å². The van der Waals surface area contributed by atoms with Crippen molar-refractivity contribution in [2.75, 3.05) is 0 Å². The first kappa shape index (κ1) is 11.7. The van der Waals surface area contributed by atoms with Gasteiger partial charge in [-0.25, -0.2) is 0 Å². The third-order valence-corrected chi connectivity index (χ3v) is 6.04. The van der Waals surface area contributed by atoms with Gasteiger partial charge in [-0.1, -0.05) is 12.2 Å². The van der Waals surface area contributed by atoms with Crippen molar-refractivity contribution in [3.05, 3.63) is 12.2 Å². The average molecular weight is 274 g/mol. The monoisotopic (exact) mass is 274 g/mol. The molecule has 3 aliphatic rings. The molecule has 2 bridgehead atoms. The lowest BCUT2D eigenvalue weighted by molar-refractivity contribution is -0.286. The Hall–Kier alpha value is -0.330. The molecule has 0 aromatic carbocycles. The minimum absolute atomic E-state index is 0.0674. The van der Waals surface area contributed by atoms with Gasteiger partial charge in [-0.3, -0.25) is 0 Å². The summed E-state index contributed by atoms with van der Waals surface area (Å²) >= 11 is 0.0674. The van der Waals surface area contributed by atoms with Crippen molar-refractivity contribution in [2.45, 2.75) is 28.8 Å². The Labute approximate surface area is 97.4 Å². The Balaban J connectivity index is 2.03. The highest BCUT2D eigenvalue weighted by atomic mass is 32.2. The van der Waals surface area contributed by atoms with E-state index in [9.17, 15) is 26.3 Å². The molecule has 0 nitrogen and oxygen atoms in total. The second kappa shape index (κ2) is 2.97. The van der Waals surface area contributed by atoms with Crippen LogP contribution in [0.4, 0.5) is 26.3 Å². The topological polar surface area (TPSA) is 0 Å². The number of rotatable bonds is 0. The average Bonchev–Trinajstić information content (AvgIpc) is 2.53. The SMILES string of the molecule is FC(F)(F)C1(C(F)(F)F)SC2C3C=CC(C3)C21. The second-order valence-corrected chi connectivity index (χ2v) is 6.21. The Morgan fingerprint density at radius 2 is 1.47 bits per heavy atom. The van der Waals surface area contributed by atoms with E-state index in [2.05, 4.69) is 0 Å². The first-order chi connectivity index (χ1) is 7.68. The van der Waals surface area contributed by atoms with Crippen LogP contribution in [-0.4, -0.2) is 22.3 Å². The van der Waals surface area contributed by atoms with Crippen LogP contribution < -0.4 is 0 Å². The fraction of sp³-hybridized carbons (Fsp3) is 0.800. The highest BCUT2D eigenvalue weighted by Crippen LogP contribution is 2.74. The van der Waals surface area contributed by atoms with Gasteiger partial charge in [-0.15, -0.1) is 11.8 Å². The fourth-order valence-electron chi connectivity index (χ4n) is 3.36. The summed E-state index contributed by atoms with van der Waals surface area (Å²) in [5.41, 5.74) is 0. The smallest absolute Gasteiger partial charge is 0.169 e. The van der Waals surface area contributed by atoms with E-state index in [-0.39, 0.29) is 17.7 Å². The van der Waals surface area contributed by atoms with Crippen LogP contribution in [0.2, 0.25) is 0 Å². The summed E-state index contributed by atoms with van der Waals surface area (Å²) in [6.07, 6.45) is -6.73. The molecule has 17 heavy (non-hydrogen) atoms. The van der Waals surface area contributed by atoms with Gasteiger partial charge in [0.25, 0.3) is 0 Å². The van der Waals surface area contributed by atoms with E-state index < -0.39 is 34.2 Å². The summed E-state index contributed by atoms with van der Waals surface area (Å²) < 4.78 is 73.6. The minimum atomic E-state index is -5.23. The van der Waals surface area contributed by atoms with Crippen molar-refractivity contribution >= 4 is 11.8 Å². The van der Waals surface area contributed by atoms with E-state index >= 15 is 0 Å². The Morgan fingerprint density at radius 1 is 0.941 bits per heavy atom. The van der Waals surface area contributed by atoms with Gasteiger partial charge in [-0.05, 0) is 18.3 Å². The van der Waals surface area contributed by atoms with Gasteiger partial charge in [0.05, 0.1) is 0 Å². The largest absolute Gasteiger partial charge is 0.412 e. The van der Waals surface area contributed by atoms with Gasteiger partial charge in [0, 0.05) is 11.2 Å². The molecular formula is C10H8F6S. The molecule has 3 rings (SSSR count). The van der Waals surface area contributed by atoms with E-state index in [1.165, 1.54) is 6.08 Å². The maximum atomic E-state index is 12.8. The molecule has 1 saturated carbocycles. The molecule has 0 radical (unpaired) electrons. The van der Waals surface area contributed by atoms with Gasteiger partial charge in [0.2, 0.25) is 4.75 Å². The van der Waals surface area contributed by atoms with Gasteiger partial charge >= 0.3 is 12.4 Å². The molecule has 0 amide bonds. The standard InChI is InChI=1S/C10H8F6S/c11-9(12,13)8(10(14,15)16)6-4-1-2-5(3-4)7(6)17-8/h1-2,4-7H,3H2. The van der Waals surface area contributed by atoms with Gasteiger partial charge in [0.1, 0.15) is 0 Å². The molecule has 0 spiro atoms. The third kappa shape index (κ3) is 1.19. The number of hydrogen-bond donors (Lipinski definition) is 0. The number of halogens is 6. The molecule has 1 aliphatic heterocycles. The van der Waals surface area contributed by atoms with Crippen LogP contribution in [0.3, 0.4) is 0 Å². The van der Waals surface area contributed by atoms with Gasteiger partial charge in [-0.2, -0.15) is 26.3 Å². The van der Waals surface area contributed by atoms with Crippen LogP contribution >= 0.6 is 11.8 Å². The molecule has 0 aromatic heterocycles. The maximum Gasteiger partial charge on any atom is 0.412 e. The normalized spacial score (nSPS) is 42.5. The van der Waals surface area contributed by atoms with Gasteiger partial charge < -0.3 is 0 Å². The summed E-state index contributed by atoms with van der Waals surface area (Å²) in [5, 5.41) is -0.506. The van der Waals surface area contributed by atoms with E-state index in [1.54, 1.807) is 6.08 Å². The third-order valence-electron chi connectivity index (χ3n) is 4.02. The Kier molecular flexibility index (Phi) is 2.05. The van der Waals surface area contributed by atoms with E-state index in [0.717, 1.165) is 0 Å². The zero-order chi connectivity index (χ0) is 12.6. The molecule has 96 valence electrons. The molecule has 2 aliphatic carbocycles. The Morgan fingerprint density at radius 3 is 1.94 bits per heavy atom. The molecule has 0 N–H and O–H groups in total. The van der Waals surface area contributed by atoms with Crippen molar-refractivity contribution < 1.29 is 26.3 Å². The van der Waals surface area contributed by atoms with Crippen molar-refractivity contribution in [2.24, 2.45) is 17.8 Å². The molecule has 0 aromatic rings. The highest BCUT2D eigenvalue weighted by molar-refractivity contribution is 8.03. The molecule has 1 heterocycles. The number of fused-ring (bicyclic) bond motifs is 5. The summed E-state index contributed by atoms with van der Waals surface area (Å²) in [7, 11) is 0. The number of hydrogen-bond acceptors (Lipinski definition) is 1. The molecule has 7 heteroatoms. The molecular weight excluding hydrogens is 266 g/mol. The summed E-state index contributed by atoms with van der Waals surface area (Å²) in [4.78, 5) is 0.